The van der Waals surface area contributed by atoms with E-state index in [1.54, 1.807) is 18.6 Å². The van der Waals surface area contributed by atoms with Gasteiger partial charge in [-0.25, -0.2) is 4.98 Å². The van der Waals surface area contributed by atoms with Gasteiger partial charge < -0.3 is 5.73 Å². The van der Waals surface area contributed by atoms with Gasteiger partial charge in [0.05, 0.1) is 5.02 Å². The van der Waals surface area contributed by atoms with Crippen molar-refractivity contribution in [1.82, 2.24) is 9.97 Å². The van der Waals surface area contributed by atoms with Crippen LogP contribution in [0.5, 0.6) is 0 Å². The lowest BCUT2D eigenvalue weighted by Gasteiger charge is -2.05. The summed E-state index contributed by atoms with van der Waals surface area (Å²) < 4.78 is 0.943. The summed E-state index contributed by atoms with van der Waals surface area (Å²) in [5, 5.41) is 0.590. The lowest BCUT2D eigenvalue weighted by atomic mass is 10.1. The number of rotatable bonds is 2. The minimum atomic E-state index is 0.504. The van der Waals surface area contributed by atoms with Gasteiger partial charge in [0.15, 0.2) is 0 Å². The van der Waals surface area contributed by atoms with Crippen LogP contribution in [0.25, 0.3) is 0 Å². The summed E-state index contributed by atoms with van der Waals surface area (Å²) in [5.41, 5.74) is 7.74. The number of nitrogens with zero attached hydrogens (tertiary/aromatic N) is 2. The Hall–Kier alpha value is -1.13. The fourth-order valence-corrected chi connectivity index (χ4v) is 2.00. The van der Waals surface area contributed by atoms with E-state index in [9.17, 15) is 0 Å². The molecule has 0 bridgehead atoms. The van der Waals surface area contributed by atoms with E-state index in [-0.39, 0.29) is 0 Å². The Labute approximate surface area is 107 Å². The number of aromatic nitrogens is 2. The van der Waals surface area contributed by atoms with Crippen LogP contribution in [0.2, 0.25) is 5.02 Å². The zero-order valence-electron chi connectivity index (χ0n) is 8.32. The van der Waals surface area contributed by atoms with Crippen molar-refractivity contribution in [1.29, 1.82) is 0 Å². The van der Waals surface area contributed by atoms with Crippen LogP contribution < -0.4 is 5.73 Å². The summed E-state index contributed by atoms with van der Waals surface area (Å²) >= 11 is 9.24. The SMILES string of the molecule is Nc1ncc(Cl)cc1Cc1cncc(Br)c1. The monoisotopic (exact) mass is 297 g/mol. The van der Waals surface area contributed by atoms with Crippen molar-refractivity contribution in [3.63, 3.8) is 0 Å². The molecule has 0 saturated carbocycles. The van der Waals surface area contributed by atoms with Crippen molar-refractivity contribution in [2.24, 2.45) is 0 Å². The molecule has 5 heteroatoms. The molecule has 0 fully saturated rings. The van der Waals surface area contributed by atoms with Gasteiger partial charge in [0.25, 0.3) is 0 Å². The molecule has 0 amide bonds. The van der Waals surface area contributed by atoms with Crippen LogP contribution >= 0.6 is 27.5 Å². The van der Waals surface area contributed by atoms with Gasteiger partial charge in [-0.05, 0) is 33.6 Å². The molecular formula is C11H9BrClN3. The maximum absolute atomic E-state index is 5.87. The molecule has 2 rings (SSSR count). The zero-order chi connectivity index (χ0) is 11.5. The first-order chi connectivity index (χ1) is 7.65. The number of pyridine rings is 2. The van der Waals surface area contributed by atoms with Crippen molar-refractivity contribution in [2.75, 3.05) is 5.73 Å². The molecule has 0 aromatic carbocycles. The molecule has 16 heavy (non-hydrogen) atoms. The van der Waals surface area contributed by atoms with Crippen LogP contribution in [0.15, 0.2) is 35.2 Å². The highest BCUT2D eigenvalue weighted by atomic mass is 79.9. The largest absolute Gasteiger partial charge is 0.383 e. The third kappa shape index (κ3) is 2.71. The second-order valence-corrected chi connectivity index (χ2v) is 4.74. The third-order valence-corrected chi connectivity index (χ3v) is 2.76. The third-order valence-electron chi connectivity index (χ3n) is 2.12. The normalized spacial score (nSPS) is 10.4. The molecule has 2 heterocycles. The number of nitrogens with two attached hydrogens (primary N) is 1. The van der Waals surface area contributed by atoms with Crippen LogP contribution in [0.3, 0.4) is 0 Å². The summed E-state index contributed by atoms with van der Waals surface area (Å²) in [6.45, 7) is 0. The highest BCUT2D eigenvalue weighted by molar-refractivity contribution is 9.10. The fraction of sp³-hybridized carbons (Fsp3) is 0.0909. The van der Waals surface area contributed by atoms with Gasteiger partial charge in [-0.1, -0.05) is 11.6 Å². The van der Waals surface area contributed by atoms with E-state index in [4.69, 9.17) is 17.3 Å². The lowest BCUT2D eigenvalue weighted by molar-refractivity contribution is 1.12. The molecule has 2 aromatic heterocycles. The number of nitrogen functional groups attached to an aromatic ring is 1. The predicted molar refractivity (Wildman–Crippen MR) is 68.4 cm³/mol. The molecule has 0 unspecified atom stereocenters. The van der Waals surface area contributed by atoms with E-state index in [0.29, 0.717) is 17.3 Å². The van der Waals surface area contributed by atoms with Crippen LogP contribution in [0.1, 0.15) is 11.1 Å². The smallest absolute Gasteiger partial charge is 0.126 e. The molecule has 2 N–H and O–H groups in total. The standard InChI is InChI=1S/C11H9BrClN3/c12-9-2-7(4-15-5-9)1-8-3-10(13)6-16-11(8)14/h2-6H,1H2,(H2,14,16). The van der Waals surface area contributed by atoms with Crippen molar-refractivity contribution < 1.29 is 0 Å². The molecule has 82 valence electrons. The van der Waals surface area contributed by atoms with Crippen molar-refractivity contribution in [3.05, 3.63) is 51.3 Å². The quantitative estimate of drug-likeness (QED) is 0.927. The number of hydrogen-bond acceptors (Lipinski definition) is 3. The number of anilines is 1. The van der Waals surface area contributed by atoms with E-state index in [1.807, 2.05) is 12.1 Å². The van der Waals surface area contributed by atoms with E-state index < -0.39 is 0 Å². The summed E-state index contributed by atoms with van der Waals surface area (Å²) in [6, 6.07) is 3.82. The molecule has 0 spiro atoms. The first kappa shape index (κ1) is 11.4. The Morgan fingerprint density at radius 2 is 2.06 bits per heavy atom. The average Bonchev–Trinajstić information content (AvgIpc) is 2.24. The van der Waals surface area contributed by atoms with Crippen LogP contribution in [0, 0.1) is 0 Å². The topological polar surface area (TPSA) is 51.8 Å². The summed E-state index contributed by atoms with van der Waals surface area (Å²) in [4.78, 5) is 8.10. The van der Waals surface area contributed by atoms with Gasteiger partial charge in [0, 0.05) is 35.0 Å². The molecule has 0 atom stereocenters. The van der Waals surface area contributed by atoms with Gasteiger partial charge in [0.1, 0.15) is 5.82 Å². The highest BCUT2D eigenvalue weighted by Crippen LogP contribution is 2.19. The second kappa shape index (κ2) is 4.80. The Balaban J connectivity index is 2.30. The summed E-state index contributed by atoms with van der Waals surface area (Å²) in [6.07, 6.45) is 5.75. The zero-order valence-corrected chi connectivity index (χ0v) is 10.7. The summed E-state index contributed by atoms with van der Waals surface area (Å²) in [5.74, 6) is 0.504. The molecule has 2 aromatic rings. The second-order valence-electron chi connectivity index (χ2n) is 3.39. The molecule has 0 aliphatic rings. The van der Waals surface area contributed by atoms with E-state index in [2.05, 4.69) is 25.9 Å². The van der Waals surface area contributed by atoms with Crippen LogP contribution in [-0.4, -0.2) is 9.97 Å². The van der Waals surface area contributed by atoms with Gasteiger partial charge in [-0.2, -0.15) is 0 Å². The number of halogens is 2. The van der Waals surface area contributed by atoms with Gasteiger partial charge in [-0.3, -0.25) is 4.98 Å². The first-order valence-electron chi connectivity index (χ1n) is 4.64. The molecule has 3 nitrogen and oxygen atoms in total. The van der Waals surface area contributed by atoms with Gasteiger partial charge >= 0.3 is 0 Å². The lowest BCUT2D eigenvalue weighted by Crippen LogP contribution is -1.98. The molecule has 0 saturated heterocycles. The Bertz CT molecular complexity index is 516. The van der Waals surface area contributed by atoms with Crippen LogP contribution in [-0.2, 0) is 6.42 Å². The Morgan fingerprint density at radius 1 is 1.25 bits per heavy atom. The Kier molecular flexibility index (Phi) is 3.41. The molecule has 0 radical (unpaired) electrons. The average molecular weight is 299 g/mol. The van der Waals surface area contributed by atoms with E-state index in [1.165, 1.54) is 0 Å². The first-order valence-corrected chi connectivity index (χ1v) is 5.81. The summed E-state index contributed by atoms with van der Waals surface area (Å²) in [7, 11) is 0. The van der Waals surface area contributed by atoms with E-state index in [0.717, 1.165) is 15.6 Å². The van der Waals surface area contributed by atoms with Crippen molar-refractivity contribution in [3.8, 4) is 0 Å². The van der Waals surface area contributed by atoms with Crippen molar-refractivity contribution >= 4 is 33.3 Å². The predicted octanol–water partition coefficient (Wildman–Crippen LogP) is 3.07. The van der Waals surface area contributed by atoms with Crippen LogP contribution in [0.4, 0.5) is 5.82 Å². The molecular weight excluding hydrogens is 289 g/mol. The van der Waals surface area contributed by atoms with Crippen molar-refractivity contribution in [2.45, 2.75) is 6.42 Å². The minimum absolute atomic E-state index is 0.504. The molecule has 0 aliphatic carbocycles. The van der Waals surface area contributed by atoms with E-state index >= 15 is 0 Å². The maximum Gasteiger partial charge on any atom is 0.126 e. The maximum atomic E-state index is 5.87. The fourth-order valence-electron chi connectivity index (χ4n) is 1.41. The Morgan fingerprint density at radius 3 is 2.81 bits per heavy atom. The molecule has 0 aliphatic heterocycles. The number of hydrogen-bond donors (Lipinski definition) is 1. The highest BCUT2D eigenvalue weighted by Gasteiger charge is 2.04. The van der Waals surface area contributed by atoms with Gasteiger partial charge in [0.2, 0.25) is 0 Å². The van der Waals surface area contributed by atoms with Gasteiger partial charge in [-0.15, -0.1) is 0 Å². The minimum Gasteiger partial charge on any atom is -0.383 e.